The van der Waals surface area contributed by atoms with E-state index in [0.717, 1.165) is 18.8 Å². The van der Waals surface area contributed by atoms with Crippen LogP contribution in [0.4, 0.5) is 0 Å². The maximum atomic E-state index is 11.8. The number of nitrogens with two attached hydrogens (primary N) is 1. The Morgan fingerprint density at radius 2 is 2.21 bits per heavy atom. The molecule has 0 spiro atoms. The number of morpholine rings is 1. The van der Waals surface area contributed by atoms with Crippen molar-refractivity contribution in [2.75, 3.05) is 38.6 Å². The lowest BCUT2D eigenvalue weighted by Crippen LogP contribution is -2.44. The third kappa shape index (κ3) is 3.48. The predicted octanol–water partition coefficient (Wildman–Crippen LogP) is -0.0744. The summed E-state index contributed by atoms with van der Waals surface area (Å²) < 4.78 is 5.19. The molecule has 1 rings (SSSR count). The fourth-order valence-electron chi connectivity index (χ4n) is 1.36. The molecule has 1 heterocycles. The molecule has 82 valence electrons. The lowest BCUT2D eigenvalue weighted by atomic mass is 10.3. The van der Waals surface area contributed by atoms with Crippen molar-refractivity contribution < 1.29 is 9.53 Å². The van der Waals surface area contributed by atoms with E-state index in [2.05, 4.69) is 0 Å². The Hall–Kier alpha value is -0.260. The molecule has 1 aliphatic rings. The molecule has 0 aromatic heterocycles. The smallest absolute Gasteiger partial charge is 0.235 e. The summed E-state index contributed by atoms with van der Waals surface area (Å²) >= 11 is 1.62. The normalized spacial score (nSPS) is 19.4. The Morgan fingerprint density at radius 1 is 1.57 bits per heavy atom. The summed E-state index contributed by atoms with van der Waals surface area (Å²) in [5, 5.41) is 0.0247. The van der Waals surface area contributed by atoms with Gasteiger partial charge in [0.05, 0.1) is 18.5 Å². The van der Waals surface area contributed by atoms with Crippen molar-refractivity contribution >= 4 is 17.7 Å². The molecule has 1 unspecified atom stereocenters. The Balaban J connectivity index is 2.30. The van der Waals surface area contributed by atoms with E-state index in [0.29, 0.717) is 19.8 Å². The zero-order valence-corrected chi connectivity index (χ0v) is 9.39. The average molecular weight is 218 g/mol. The van der Waals surface area contributed by atoms with Crippen molar-refractivity contribution in [3.63, 3.8) is 0 Å². The summed E-state index contributed by atoms with van der Waals surface area (Å²) in [7, 11) is 0. The minimum Gasteiger partial charge on any atom is -0.378 e. The molecule has 1 aliphatic heterocycles. The number of amides is 1. The van der Waals surface area contributed by atoms with Crippen LogP contribution in [0.3, 0.4) is 0 Å². The molecule has 5 heteroatoms. The van der Waals surface area contributed by atoms with Crippen LogP contribution in [-0.2, 0) is 9.53 Å². The lowest BCUT2D eigenvalue weighted by Gasteiger charge is -2.29. The van der Waals surface area contributed by atoms with Gasteiger partial charge in [-0.1, -0.05) is 0 Å². The van der Waals surface area contributed by atoms with Gasteiger partial charge in [0, 0.05) is 25.4 Å². The van der Waals surface area contributed by atoms with Gasteiger partial charge in [0.25, 0.3) is 0 Å². The van der Waals surface area contributed by atoms with Gasteiger partial charge in [-0.15, -0.1) is 11.8 Å². The van der Waals surface area contributed by atoms with Gasteiger partial charge in [-0.2, -0.15) is 0 Å². The molecule has 0 aromatic rings. The highest BCUT2D eigenvalue weighted by Crippen LogP contribution is 2.13. The van der Waals surface area contributed by atoms with Crippen molar-refractivity contribution in [1.29, 1.82) is 0 Å². The van der Waals surface area contributed by atoms with Gasteiger partial charge >= 0.3 is 0 Å². The first-order valence-corrected chi connectivity index (χ1v) is 5.98. The molecule has 1 amide bonds. The van der Waals surface area contributed by atoms with Gasteiger partial charge in [-0.05, 0) is 6.92 Å². The van der Waals surface area contributed by atoms with Gasteiger partial charge < -0.3 is 15.4 Å². The molecule has 0 radical (unpaired) electrons. The molecule has 1 saturated heterocycles. The highest BCUT2D eigenvalue weighted by Gasteiger charge is 2.22. The van der Waals surface area contributed by atoms with E-state index in [1.165, 1.54) is 0 Å². The fourth-order valence-corrected chi connectivity index (χ4v) is 2.14. The first-order valence-electron chi connectivity index (χ1n) is 4.94. The van der Waals surface area contributed by atoms with Crippen molar-refractivity contribution in [3.05, 3.63) is 0 Å². The topological polar surface area (TPSA) is 55.6 Å². The molecule has 0 aromatic carbocycles. The van der Waals surface area contributed by atoms with Crippen molar-refractivity contribution in [2.45, 2.75) is 12.2 Å². The fraction of sp³-hybridized carbons (Fsp3) is 0.889. The van der Waals surface area contributed by atoms with E-state index in [4.69, 9.17) is 10.5 Å². The number of nitrogens with zero attached hydrogens (tertiary/aromatic N) is 1. The summed E-state index contributed by atoms with van der Waals surface area (Å²) in [6.07, 6.45) is 0. The van der Waals surface area contributed by atoms with Gasteiger partial charge in [0.2, 0.25) is 5.91 Å². The molecule has 2 N–H and O–H groups in total. The number of hydrogen-bond donors (Lipinski definition) is 1. The van der Waals surface area contributed by atoms with Gasteiger partial charge in [-0.25, -0.2) is 0 Å². The largest absolute Gasteiger partial charge is 0.378 e. The highest BCUT2D eigenvalue weighted by atomic mass is 32.2. The van der Waals surface area contributed by atoms with Gasteiger partial charge in [0.15, 0.2) is 0 Å². The Morgan fingerprint density at radius 3 is 2.79 bits per heavy atom. The van der Waals surface area contributed by atoms with E-state index in [1.807, 2.05) is 11.8 Å². The van der Waals surface area contributed by atoms with E-state index < -0.39 is 0 Å². The Labute approximate surface area is 89.2 Å². The second kappa shape index (κ2) is 6.27. The Kier molecular flexibility index (Phi) is 5.29. The van der Waals surface area contributed by atoms with Crippen LogP contribution in [0.1, 0.15) is 6.92 Å². The summed E-state index contributed by atoms with van der Waals surface area (Å²) in [6.45, 7) is 5.36. The first-order chi connectivity index (χ1) is 6.75. The molecule has 0 saturated carbocycles. The summed E-state index contributed by atoms with van der Waals surface area (Å²) in [6, 6.07) is 0. The summed E-state index contributed by atoms with van der Waals surface area (Å²) in [4.78, 5) is 13.7. The molecule has 0 aliphatic carbocycles. The molecule has 1 atom stereocenters. The molecule has 1 fully saturated rings. The first kappa shape index (κ1) is 11.8. The predicted molar refractivity (Wildman–Crippen MR) is 58.4 cm³/mol. The zero-order valence-electron chi connectivity index (χ0n) is 8.57. The number of thioether (sulfide) groups is 1. The third-order valence-corrected chi connectivity index (χ3v) is 3.33. The van der Waals surface area contributed by atoms with Crippen LogP contribution in [-0.4, -0.2) is 54.7 Å². The van der Waals surface area contributed by atoms with E-state index in [1.54, 1.807) is 11.8 Å². The van der Waals surface area contributed by atoms with Crippen LogP contribution in [0.5, 0.6) is 0 Å². The van der Waals surface area contributed by atoms with Crippen LogP contribution in [0.15, 0.2) is 0 Å². The number of hydrogen-bond acceptors (Lipinski definition) is 4. The molecular formula is C9H18N2O2S. The van der Waals surface area contributed by atoms with E-state index in [9.17, 15) is 4.79 Å². The van der Waals surface area contributed by atoms with Crippen molar-refractivity contribution in [1.82, 2.24) is 4.90 Å². The van der Waals surface area contributed by atoms with Crippen molar-refractivity contribution in [2.24, 2.45) is 5.73 Å². The number of carbonyl (C=O) groups is 1. The SMILES string of the molecule is CC(SCCN)C(=O)N1CCOCC1. The molecular weight excluding hydrogens is 200 g/mol. The standard InChI is InChI=1S/C9H18N2O2S/c1-8(14-7-2-10)9(12)11-3-5-13-6-4-11/h8H,2-7,10H2,1H3. The molecule has 4 nitrogen and oxygen atoms in total. The third-order valence-electron chi connectivity index (χ3n) is 2.16. The second-order valence-corrected chi connectivity index (χ2v) is 4.69. The maximum Gasteiger partial charge on any atom is 0.235 e. The summed E-state index contributed by atoms with van der Waals surface area (Å²) in [5.41, 5.74) is 5.39. The van der Waals surface area contributed by atoms with Crippen LogP contribution >= 0.6 is 11.8 Å². The highest BCUT2D eigenvalue weighted by molar-refractivity contribution is 8.00. The quantitative estimate of drug-likeness (QED) is 0.717. The van der Waals surface area contributed by atoms with Crippen LogP contribution in [0.25, 0.3) is 0 Å². The minimum atomic E-state index is 0.0247. The number of carbonyl (C=O) groups excluding carboxylic acids is 1. The van der Waals surface area contributed by atoms with Gasteiger partial charge in [0.1, 0.15) is 0 Å². The molecule has 14 heavy (non-hydrogen) atoms. The Bertz CT molecular complexity index is 184. The number of rotatable bonds is 4. The van der Waals surface area contributed by atoms with Gasteiger partial charge in [-0.3, -0.25) is 4.79 Å². The summed E-state index contributed by atoms with van der Waals surface area (Å²) in [5.74, 6) is 1.06. The van der Waals surface area contributed by atoms with E-state index in [-0.39, 0.29) is 11.2 Å². The number of ether oxygens (including phenoxy) is 1. The van der Waals surface area contributed by atoms with E-state index >= 15 is 0 Å². The lowest BCUT2D eigenvalue weighted by molar-refractivity contribution is -0.134. The minimum absolute atomic E-state index is 0.0247. The van der Waals surface area contributed by atoms with Crippen LogP contribution < -0.4 is 5.73 Å². The van der Waals surface area contributed by atoms with Crippen LogP contribution in [0.2, 0.25) is 0 Å². The second-order valence-electron chi connectivity index (χ2n) is 3.24. The average Bonchev–Trinajstić information content (AvgIpc) is 2.26. The maximum absolute atomic E-state index is 11.8. The molecule has 0 bridgehead atoms. The zero-order chi connectivity index (χ0) is 10.4. The van der Waals surface area contributed by atoms with Crippen molar-refractivity contribution in [3.8, 4) is 0 Å². The monoisotopic (exact) mass is 218 g/mol. The van der Waals surface area contributed by atoms with Crippen LogP contribution in [0, 0.1) is 0 Å².